The maximum atomic E-state index is 13.3. The Labute approximate surface area is 96.9 Å². The summed E-state index contributed by atoms with van der Waals surface area (Å²) in [4.78, 5) is 0. The number of hydrogen-bond acceptors (Lipinski definition) is 2. The molecule has 0 heterocycles. The third-order valence-electron chi connectivity index (χ3n) is 1.77. The lowest BCUT2D eigenvalue weighted by Crippen LogP contribution is -2.24. The highest BCUT2D eigenvalue weighted by atomic mass is 79.9. The molecule has 0 saturated heterocycles. The Morgan fingerprint density at radius 1 is 1.47 bits per heavy atom. The van der Waals surface area contributed by atoms with E-state index in [4.69, 9.17) is 0 Å². The second kappa shape index (κ2) is 5.05. The van der Waals surface area contributed by atoms with Crippen LogP contribution < -0.4 is 4.72 Å². The molecule has 0 aliphatic carbocycles. The van der Waals surface area contributed by atoms with Gasteiger partial charge in [-0.2, -0.15) is 0 Å². The summed E-state index contributed by atoms with van der Waals surface area (Å²) < 4.78 is 37.7. The van der Waals surface area contributed by atoms with Gasteiger partial charge in [0.15, 0.2) is 0 Å². The van der Waals surface area contributed by atoms with Gasteiger partial charge in [-0.05, 0) is 24.1 Å². The van der Waals surface area contributed by atoms with Crippen molar-refractivity contribution in [2.75, 3.05) is 12.8 Å². The van der Waals surface area contributed by atoms with E-state index in [9.17, 15) is 12.8 Å². The maximum absolute atomic E-state index is 13.3. The minimum Gasteiger partial charge on any atom is -0.215 e. The predicted octanol–water partition coefficient (Wildman–Crippen LogP) is 1.68. The van der Waals surface area contributed by atoms with Crippen LogP contribution in [0, 0.1) is 5.82 Å². The Morgan fingerprint density at radius 3 is 2.67 bits per heavy atom. The van der Waals surface area contributed by atoms with E-state index in [2.05, 4.69) is 20.7 Å². The fourth-order valence-electron chi connectivity index (χ4n) is 1.10. The second-order valence-corrected chi connectivity index (χ2v) is 5.90. The first-order valence-corrected chi connectivity index (χ1v) is 6.95. The minimum absolute atomic E-state index is 0.206. The van der Waals surface area contributed by atoms with E-state index in [1.54, 1.807) is 12.1 Å². The molecule has 0 radical (unpaired) electrons. The van der Waals surface area contributed by atoms with Crippen LogP contribution in [0.25, 0.3) is 0 Å². The molecule has 0 spiro atoms. The third kappa shape index (κ3) is 4.72. The lowest BCUT2D eigenvalue weighted by Gasteiger charge is -2.04. The number of sulfonamides is 1. The molecule has 1 rings (SSSR count). The minimum atomic E-state index is -3.20. The van der Waals surface area contributed by atoms with Crippen LogP contribution in [-0.4, -0.2) is 21.2 Å². The molecule has 0 aliphatic rings. The molecule has 1 aromatic carbocycles. The summed E-state index contributed by atoms with van der Waals surface area (Å²) in [5.41, 5.74) is 0.495. The van der Waals surface area contributed by atoms with Gasteiger partial charge in [0, 0.05) is 11.0 Å². The zero-order valence-electron chi connectivity index (χ0n) is 8.13. The van der Waals surface area contributed by atoms with Crippen molar-refractivity contribution in [1.29, 1.82) is 0 Å². The van der Waals surface area contributed by atoms with Gasteiger partial charge in [-0.25, -0.2) is 17.5 Å². The number of hydrogen-bond donors (Lipinski definition) is 1. The molecule has 0 unspecified atom stereocenters. The smallest absolute Gasteiger partial charge is 0.208 e. The van der Waals surface area contributed by atoms with Crippen LogP contribution in [0.2, 0.25) is 0 Å². The van der Waals surface area contributed by atoms with Crippen LogP contribution in [0.15, 0.2) is 22.7 Å². The molecule has 15 heavy (non-hydrogen) atoms. The Balaban J connectivity index is 2.59. The fraction of sp³-hybridized carbons (Fsp3) is 0.333. The van der Waals surface area contributed by atoms with Crippen molar-refractivity contribution >= 4 is 26.0 Å². The van der Waals surface area contributed by atoms with Gasteiger partial charge in [-0.3, -0.25) is 0 Å². The number of rotatable bonds is 4. The quantitative estimate of drug-likeness (QED) is 0.919. The average molecular weight is 296 g/mol. The van der Waals surface area contributed by atoms with Crippen molar-refractivity contribution in [2.45, 2.75) is 6.42 Å². The zero-order chi connectivity index (χ0) is 11.5. The van der Waals surface area contributed by atoms with Gasteiger partial charge >= 0.3 is 0 Å². The standard InChI is InChI=1S/C9H11BrFNO2S/c1-15(13,14)12-5-4-7-2-3-8(10)6-9(7)11/h2-3,6,12H,4-5H2,1H3. The van der Waals surface area contributed by atoms with E-state index in [0.29, 0.717) is 16.5 Å². The van der Waals surface area contributed by atoms with E-state index in [1.807, 2.05) is 0 Å². The van der Waals surface area contributed by atoms with Gasteiger partial charge in [0.25, 0.3) is 0 Å². The summed E-state index contributed by atoms with van der Waals surface area (Å²) in [5.74, 6) is -0.334. The monoisotopic (exact) mass is 295 g/mol. The van der Waals surface area contributed by atoms with Gasteiger partial charge in [0.2, 0.25) is 10.0 Å². The van der Waals surface area contributed by atoms with Crippen LogP contribution in [0.5, 0.6) is 0 Å². The van der Waals surface area contributed by atoms with Gasteiger partial charge in [-0.1, -0.05) is 22.0 Å². The van der Waals surface area contributed by atoms with E-state index in [-0.39, 0.29) is 12.4 Å². The first-order valence-electron chi connectivity index (χ1n) is 4.27. The van der Waals surface area contributed by atoms with Gasteiger partial charge < -0.3 is 0 Å². The van der Waals surface area contributed by atoms with E-state index in [0.717, 1.165) is 6.26 Å². The van der Waals surface area contributed by atoms with Crippen LogP contribution >= 0.6 is 15.9 Å². The third-order valence-corrected chi connectivity index (χ3v) is 3.00. The van der Waals surface area contributed by atoms with Crippen LogP contribution in [0.1, 0.15) is 5.56 Å². The fourth-order valence-corrected chi connectivity index (χ4v) is 1.90. The topological polar surface area (TPSA) is 46.2 Å². The number of halogens is 2. The predicted molar refractivity (Wildman–Crippen MR) is 60.7 cm³/mol. The highest BCUT2D eigenvalue weighted by Crippen LogP contribution is 2.15. The SMILES string of the molecule is CS(=O)(=O)NCCc1ccc(Br)cc1F. The van der Waals surface area contributed by atoms with Gasteiger partial charge in [0.05, 0.1) is 6.26 Å². The molecule has 84 valence electrons. The van der Waals surface area contributed by atoms with Crippen LogP contribution in [0.4, 0.5) is 4.39 Å². The van der Waals surface area contributed by atoms with Crippen molar-refractivity contribution in [3.05, 3.63) is 34.1 Å². The Hall–Kier alpha value is -0.460. The van der Waals surface area contributed by atoms with Crippen LogP contribution in [-0.2, 0) is 16.4 Å². The summed E-state index contributed by atoms with van der Waals surface area (Å²) in [6, 6.07) is 4.71. The van der Waals surface area contributed by atoms with Crippen LogP contribution in [0.3, 0.4) is 0 Å². The summed E-state index contributed by atoms with van der Waals surface area (Å²) >= 11 is 3.14. The zero-order valence-corrected chi connectivity index (χ0v) is 10.5. The summed E-state index contributed by atoms with van der Waals surface area (Å²) in [5, 5.41) is 0. The van der Waals surface area contributed by atoms with Crippen molar-refractivity contribution in [3.63, 3.8) is 0 Å². The largest absolute Gasteiger partial charge is 0.215 e. The first kappa shape index (κ1) is 12.6. The van der Waals surface area contributed by atoms with E-state index < -0.39 is 10.0 Å². The molecule has 0 amide bonds. The first-order chi connectivity index (χ1) is 6.88. The normalized spacial score (nSPS) is 11.7. The highest BCUT2D eigenvalue weighted by Gasteiger charge is 2.04. The number of nitrogens with one attached hydrogen (secondary N) is 1. The van der Waals surface area contributed by atoms with Crippen molar-refractivity contribution < 1.29 is 12.8 Å². The van der Waals surface area contributed by atoms with E-state index >= 15 is 0 Å². The molecule has 1 N–H and O–H groups in total. The average Bonchev–Trinajstić information content (AvgIpc) is 2.07. The van der Waals surface area contributed by atoms with Crippen molar-refractivity contribution in [1.82, 2.24) is 4.72 Å². The molecule has 0 bridgehead atoms. The Morgan fingerprint density at radius 2 is 2.13 bits per heavy atom. The van der Waals surface area contributed by atoms with Gasteiger partial charge in [0.1, 0.15) is 5.82 Å². The Kier molecular flexibility index (Phi) is 4.24. The molecule has 0 aromatic heterocycles. The number of benzene rings is 1. The summed E-state index contributed by atoms with van der Waals surface area (Å²) in [6.07, 6.45) is 1.41. The second-order valence-electron chi connectivity index (χ2n) is 3.15. The molecule has 0 aliphatic heterocycles. The molecular weight excluding hydrogens is 285 g/mol. The molecule has 0 saturated carbocycles. The van der Waals surface area contributed by atoms with Crippen molar-refractivity contribution in [2.24, 2.45) is 0 Å². The summed E-state index contributed by atoms with van der Waals surface area (Å²) in [6.45, 7) is 0.206. The summed E-state index contributed by atoms with van der Waals surface area (Å²) in [7, 11) is -3.20. The molecule has 0 fully saturated rings. The Bertz CT molecular complexity index is 447. The highest BCUT2D eigenvalue weighted by molar-refractivity contribution is 9.10. The maximum Gasteiger partial charge on any atom is 0.208 e. The lowest BCUT2D eigenvalue weighted by molar-refractivity contribution is 0.582. The molecule has 1 aromatic rings. The molecular formula is C9H11BrFNO2S. The molecule has 6 heteroatoms. The van der Waals surface area contributed by atoms with Gasteiger partial charge in [-0.15, -0.1) is 0 Å². The molecule has 0 atom stereocenters. The van der Waals surface area contributed by atoms with Crippen molar-refractivity contribution in [3.8, 4) is 0 Å². The van der Waals surface area contributed by atoms with E-state index in [1.165, 1.54) is 6.07 Å². The molecule has 3 nitrogen and oxygen atoms in total. The lowest BCUT2D eigenvalue weighted by atomic mass is 10.1.